The van der Waals surface area contributed by atoms with E-state index < -0.39 is 0 Å². The number of aliphatic imine (C=N–C) groups is 1. The van der Waals surface area contributed by atoms with E-state index in [0.717, 1.165) is 23.8 Å². The molecule has 1 atom stereocenters. The molecule has 2 aromatic carbocycles. The van der Waals surface area contributed by atoms with Crippen LogP contribution in [0.5, 0.6) is 0 Å². The van der Waals surface area contributed by atoms with Gasteiger partial charge < -0.3 is 10.2 Å². The zero-order chi connectivity index (χ0) is 23.4. The number of fused-ring (bicyclic) bond motifs is 5. The molecule has 35 heavy (non-hydrogen) atoms. The maximum absolute atomic E-state index is 5.28. The van der Waals surface area contributed by atoms with Gasteiger partial charge in [0.2, 0.25) is 5.96 Å². The van der Waals surface area contributed by atoms with Gasteiger partial charge in [0.05, 0.1) is 22.8 Å². The highest BCUT2D eigenvalue weighted by atomic mass is 32.1. The summed E-state index contributed by atoms with van der Waals surface area (Å²) in [4.78, 5) is 11.8. The molecule has 0 amide bonds. The number of benzene rings is 2. The topological polar surface area (TPSA) is 45.5 Å². The van der Waals surface area contributed by atoms with Crippen LogP contribution < -0.4 is 5.32 Å². The number of allylic oxidation sites excluding steroid dienone is 1. The van der Waals surface area contributed by atoms with Gasteiger partial charge in [-0.05, 0) is 70.6 Å². The van der Waals surface area contributed by atoms with Crippen molar-refractivity contribution >= 4 is 49.2 Å². The highest BCUT2D eigenvalue weighted by Gasteiger charge is 2.28. The quantitative estimate of drug-likeness (QED) is 0.331. The lowest BCUT2D eigenvalue weighted by Gasteiger charge is -2.34. The number of thiophene rings is 1. The van der Waals surface area contributed by atoms with E-state index in [-0.39, 0.29) is 6.04 Å². The van der Waals surface area contributed by atoms with E-state index >= 15 is 0 Å². The van der Waals surface area contributed by atoms with Crippen molar-refractivity contribution in [3.05, 3.63) is 114 Å². The van der Waals surface area contributed by atoms with Crippen LogP contribution in [0.1, 0.15) is 11.6 Å². The minimum atomic E-state index is 0.0337. The molecular weight excluding hydrogens is 450 g/mol. The van der Waals surface area contributed by atoms with Crippen molar-refractivity contribution in [2.75, 3.05) is 13.6 Å². The fourth-order valence-corrected chi connectivity index (χ4v) is 6.15. The molecule has 5 aromatic rings. The third-order valence-corrected chi connectivity index (χ3v) is 7.84. The molecule has 0 fully saturated rings. The van der Waals surface area contributed by atoms with Crippen molar-refractivity contribution < 1.29 is 0 Å². The van der Waals surface area contributed by atoms with E-state index in [4.69, 9.17) is 4.99 Å². The largest absolute Gasteiger partial charge is 0.387 e. The van der Waals surface area contributed by atoms with Gasteiger partial charge in [-0.25, -0.2) is 4.99 Å². The summed E-state index contributed by atoms with van der Waals surface area (Å²) in [6.07, 6.45) is 12.3. The molecule has 6 heteroatoms. The fourth-order valence-electron chi connectivity index (χ4n) is 5.20. The van der Waals surface area contributed by atoms with Crippen molar-refractivity contribution in [2.24, 2.45) is 4.99 Å². The first-order valence-corrected chi connectivity index (χ1v) is 12.6. The van der Waals surface area contributed by atoms with Crippen LogP contribution in [0.15, 0.2) is 113 Å². The summed E-state index contributed by atoms with van der Waals surface area (Å²) in [5, 5.41) is 9.26. The van der Waals surface area contributed by atoms with E-state index in [0.29, 0.717) is 0 Å². The number of nitrogens with one attached hydrogen (secondary N) is 1. The van der Waals surface area contributed by atoms with Crippen LogP contribution >= 0.6 is 11.3 Å². The van der Waals surface area contributed by atoms with E-state index in [2.05, 4.69) is 105 Å². The fraction of sp³-hybridized carbons (Fsp3) is 0.103. The second-order valence-corrected chi connectivity index (χ2v) is 9.77. The lowest BCUT2D eigenvalue weighted by molar-refractivity contribution is 0.417. The highest BCUT2D eigenvalue weighted by Crippen LogP contribution is 2.39. The summed E-state index contributed by atoms with van der Waals surface area (Å²) in [7, 11) is 2.13. The van der Waals surface area contributed by atoms with Crippen LogP contribution in [0.4, 0.5) is 0 Å². The van der Waals surface area contributed by atoms with Crippen LogP contribution in [0, 0.1) is 0 Å². The molecule has 5 nitrogen and oxygen atoms in total. The number of hydrogen-bond acceptors (Lipinski definition) is 5. The number of aromatic nitrogens is 2. The van der Waals surface area contributed by atoms with Gasteiger partial charge in [-0.15, -0.1) is 11.3 Å². The van der Waals surface area contributed by atoms with Crippen molar-refractivity contribution in [3.63, 3.8) is 0 Å². The molecule has 1 unspecified atom stereocenters. The predicted octanol–water partition coefficient (Wildman–Crippen LogP) is 6.22. The Hall–Kier alpha value is -4.16. The molecule has 0 saturated carbocycles. The van der Waals surface area contributed by atoms with Gasteiger partial charge in [-0.3, -0.25) is 9.55 Å². The SMILES string of the molecule is CN1C(n2c3ccccc3c3c4sccc4ccc32)=NC(C2=CCNC=C2)=CC1c1ccncc1. The predicted molar refractivity (Wildman–Crippen MR) is 146 cm³/mol. The smallest absolute Gasteiger partial charge is 0.211 e. The number of para-hydroxylation sites is 1. The van der Waals surface area contributed by atoms with Gasteiger partial charge in [-0.2, -0.15) is 0 Å². The molecule has 0 bridgehead atoms. The Morgan fingerprint density at radius 3 is 2.74 bits per heavy atom. The third-order valence-electron chi connectivity index (χ3n) is 6.89. The van der Waals surface area contributed by atoms with Gasteiger partial charge in [0.1, 0.15) is 0 Å². The molecule has 1 N–H and O–H groups in total. The molecule has 0 saturated heterocycles. The lowest BCUT2D eigenvalue weighted by atomic mass is 10.0. The van der Waals surface area contributed by atoms with E-state index in [1.807, 2.05) is 18.6 Å². The number of likely N-dealkylation sites (N-methyl/N-ethyl adjacent to an activating group) is 1. The van der Waals surface area contributed by atoms with E-state index in [1.54, 1.807) is 11.3 Å². The second kappa shape index (κ2) is 7.96. The Bertz CT molecular complexity index is 1720. The van der Waals surface area contributed by atoms with Crippen molar-refractivity contribution in [3.8, 4) is 0 Å². The molecule has 5 heterocycles. The molecule has 3 aromatic heterocycles. The van der Waals surface area contributed by atoms with Gasteiger partial charge in [0.15, 0.2) is 0 Å². The Morgan fingerprint density at radius 2 is 1.89 bits per heavy atom. The van der Waals surface area contributed by atoms with Gasteiger partial charge >= 0.3 is 0 Å². The Labute approximate surface area is 207 Å². The Kier molecular flexibility index (Phi) is 4.60. The molecule has 2 aliphatic heterocycles. The first kappa shape index (κ1) is 20.2. The highest BCUT2D eigenvalue weighted by molar-refractivity contribution is 7.18. The summed E-state index contributed by atoms with van der Waals surface area (Å²) in [6.45, 7) is 0.801. The number of hydrogen-bond donors (Lipinski definition) is 1. The molecule has 0 spiro atoms. The maximum atomic E-state index is 5.28. The average Bonchev–Trinajstić information content (AvgIpc) is 3.52. The van der Waals surface area contributed by atoms with Crippen molar-refractivity contribution in [1.29, 1.82) is 0 Å². The molecule has 7 rings (SSSR count). The van der Waals surface area contributed by atoms with Crippen LogP contribution in [0.3, 0.4) is 0 Å². The first-order valence-electron chi connectivity index (χ1n) is 11.7. The summed E-state index contributed by atoms with van der Waals surface area (Å²) in [5.74, 6) is 0.916. The van der Waals surface area contributed by atoms with Crippen LogP contribution in [0.25, 0.3) is 31.9 Å². The van der Waals surface area contributed by atoms with E-state index in [1.165, 1.54) is 37.5 Å². The summed E-state index contributed by atoms with van der Waals surface area (Å²) < 4.78 is 3.65. The first-order chi connectivity index (χ1) is 17.3. The third kappa shape index (κ3) is 3.14. The number of dihydropyridines is 1. The van der Waals surface area contributed by atoms with E-state index in [9.17, 15) is 0 Å². The monoisotopic (exact) mass is 473 g/mol. The van der Waals surface area contributed by atoms with Crippen molar-refractivity contribution in [1.82, 2.24) is 19.8 Å². The molecule has 0 aliphatic carbocycles. The second-order valence-electron chi connectivity index (χ2n) is 8.85. The zero-order valence-corrected chi connectivity index (χ0v) is 20.0. The Balaban J connectivity index is 1.52. The number of rotatable bonds is 2. The number of pyridine rings is 1. The zero-order valence-electron chi connectivity index (χ0n) is 19.2. The standard InChI is InChI=1S/C29H23N5S/c1-33-26(20-10-15-31-16-11-20)18-23(19-8-13-30-14-9-19)32-29(33)34-24-5-3-2-4-22(24)27-25(34)7-6-21-12-17-35-28(21)27/h2-13,15-18,26,30H,14H2,1H3. The van der Waals surface area contributed by atoms with Gasteiger partial charge in [0.25, 0.3) is 0 Å². The minimum absolute atomic E-state index is 0.0337. The maximum Gasteiger partial charge on any atom is 0.211 e. The lowest BCUT2D eigenvalue weighted by Crippen LogP contribution is -2.37. The van der Waals surface area contributed by atoms with Gasteiger partial charge in [0, 0.05) is 41.5 Å². The van der Waals surface area contributed by atoms with Gasteiger partial charge in [-0.1, -0.05) is 30.3 Å². The Morgan fingerprint density at radius 1 is 1.00 bits per heavy atom. The minimum Gasteiger partial charge on any atom is -0.387 e. The molecule has 0 radical (unpaired) electrons. The molecule has 170 valence electrons. The normalized spacial score (nSPS) is 18.0. The molecule has 2 aliphatic rings. The summed E-state index contributed by atoms with van der Waals surface area (Å²) >= 11 is 1.80. The van der Waals surface area contributed by atoms with Crippen LogP contribution in [0.2, 0.25) is 0 Å². The van der Waals surface area contributed by atoms with Crippen molar-refractivity contribution in [2.45, 2.75) is 6.04 Å². The summed E-state index contributed by atoms with van der Waals surface area (Å²) in [5.41, 5.74) is 5.65. The summed E-state index contributed by atoms with van der Waals surface area (Å²) in [6, 6.07) is 19.5. The molecular formula is C29H23N5S. The number of nitrogens with zero attached hydrogens (tertiary/aromatic N) is 4. The average molecular weight is 474 g/mol. The van der Waals surface area contributed by atoms with Crippen LogP contribution in [-0.2, 0) is 0 Å². The van der Waals surface area contributed by atoms with Crippen LogP contribution in [-0.4, -0.2) is 34.0 Å².